The fraction of sp³-hybridized carbons (Fsp3) is 0.278. The van der Waals surface area contributed by atoms with Crippen molar-refractivity contribution in [1.29, 1.82) is 0 Å². The van der Waals surface area contributed by atoms with E-state index in [1.165, 1.54) is 6.26 Å². The lowest BCUT2D eigenvalue weighted by molar-refractivity contribution is -0.131. The van der Waals surface area contributed by atoms with Crippen LogP contribution in [0.15, 0.2) is 41.0 Å². The molecule has 2 aromatic rings. The average molecular weight is 340 g/mol. The molecule has 2 aliphatic rings. The van der Waals surface area contributed by atoms with E-state index in [9.17, 15) is 14.4 Å². The number of furan rings is 1. The third-order valence-electron chi connectivity index (χ3n) is 4.60. The number of Topliss-reactive ketones (excluding diaryl/α,β-unsaturated/α-hetero) is 1. The summed E-state index contributed by atoms with van der Waals surface area (Å²) in [7, 11) is 0. The number of carbonyl (C=O) groups excluding carboxylic acids is 3. The summed E-state index contributed by atoms with van der Waals surface area (Å²) >= 11 is 0. The Morgan fingerprint density at radius 3 is 2.92 bits per heavy atom. The Kier molecular flexibility index (Phi) is 3.38. The van der Waals surface area contributed by atoms with Crippen molar-refractivity contribution < 1.29 is 23.5 Å². The van der Waals surface area contributed by atoms with Gasteiger partial charge < -0.3 is 14.5 Å². The molecule has 4 rings (SSSR count). The molecule has 1 saturated heterocycles. The van der Waals surface area contributed by atoms with Gasteiger partial charge in [-0.25, -0.2) is 4.79 Å². The smallest absolute Gasteiger partial charge is 0.325 e. The summed E-state index contributed by atoms with van der Waals surface area (Å²) in [6, 6.07) is 7.80. The maximum atomic E-state index is 12.7. The molecule has 1 unspecified atom stereocenters. The number of urea groups is 1. The lowest BCUT2D eigenvalue weighted by Crippen LogP contribution is -2.41. The second kappa shape index (κ2) is 5.47. The molecule has 0 spiro atoms. The van der Waals surface area contributed by atoms with Crippen LogP contribution in [0.3, 0.4) is 0 Å². The number of hydrogen-bond acceptors (Lipinski definition) is 5. The number of nitrogens with one attached hydrogen (secondary N) is 1. The Balaban J connectivity index is 1.55. The first-order valence-electron chi connectivity index (χ1n) is 7.96. The lowest BCUT2D eigenvalue weighted by Gasteiger charge is -2.18. The predicted molar refractivity (Wildman–Crippen MR) is 86.3 cm³/mol. The zero-order chi connectivity index (χ0) is 17.6. The van der Waals surface area contributed by atoms with Crippen molar-refractivity contribution in [2.75, 3.05) is 13.2 Å². The van der Waals surface area contributed by atoms with Crippen LogP contribution in [0.25, 0.3) is 0 Å². The molecule has 7 nitrogen and oxygen atoms in total. The van der Waals surface area contributed by atoms with Crippen LogP contribution in [0.2, 0.25) is 0 Å². The number of amides is 3. The van der Waals surface area contributed by atoms with E-state index in [0.717, 1.165) is 22.6 Å². The van der Waals surface area contributed by atoms with E-state index in [4.69, 9.17) is 9.15 Å². The molecule has 1 aromatic heterocycles. The molecule has 25 heavy (non-hydrogen) atoms. The van der Waals surface area contributed by atoms with Gasteiger partial charge in [-0.15, -0.1) is 0 Å². The van der Waals surface area contributed by atoms with Crippen molar-refractivity contribution in [2.45, 2.75) is 18.9 Å². The van der Waals surface area contributed by atoms with Crippen molar-refractivity contribution in [2.24, 2.45) is 0 Å². The summed E-state index contributed by atoms with van der Waals surface area (Å²) in [5.74, 6) is 0.291. The second-order valence-electron chi connectivity index (χ2n) is 6.27. The van der Waals surface area contributed by atoms with E-state index in [-0.39, 0.29) is 12.3 Å². The number of rotatable bonds is 4. The fourth-order valence-corrected chi connectivity index (χ4v) is 3.17. The molecule has 1 aromatic carbocycles. The molecule has 1 atom stereocenters. The number of ether oxygens (including phenoxy) is 1. The van der Waals surface area contributed by atoms with E-state index < -0.39 is 17.5 Å². The number of fused-ring (bicyclic) bond motifs is 1. The molecule has 0 radical (unpaired) electrons. The Bertz CT molecular complexity index is 874. The lowest BCUT2D eigenvalue weighted by atomic mass is 9.99. The normalized spacial score (nSPS) is 21.9. The topological polar surface area (TPSA) is 88.8 Å². The molecule has 1 fully saturated rings. The summed E-state index contributed by atoms with van der Waals surface area (Å²) < 4.78 is 10.7. The first-order chi connectivity index (χ1) is 12.0. The van der Waals surface area contributed by atoms with E-state index in [1.54, 1.807) is 37.3 Å². The number of ketones is 1. The van der Waals surface area contributed by atoms with Crippen LogP contribution in [0.4, 0.5) is 4.79 Å². The van der Waals surface area contributed by atoms with Gasteiger partial charge >= 0.3 is 6.03 Å². The van der Waals surface area contributed by atoms with Crippen LogP contribution in [-0.4, -0.2) is 35.8 Å². The van der Waals surface area contributed by atoms with Gasteiger partial charge in [0.1, 0.15) is 11.5 Å². The first-order valence-corrected chi connectivity index (χ1v) is 7.96. The highest BCUT2D eigenvalue weighted by Crippen LogP contribution is 2.30. The number of benzene rings is 1. The first kappa shape index (κ1) is 15.4. The zero-order valence-corrected chi connectivity index (χ0v) is 13.6. The minimum atomic E-state index is -1.30. The van der Waals surface area contributed by atoms with Crippen LogP contribution >= 0.6 is 0 Å². The van der Waals surface area contributed by atoms with Crippen LogP contribution < -0.4 is 10.1 Å². The monoisotopic (exact) mass is 340 g/mol. The number of imide groups is 1. The molecular formula is C18H16N2O5. The Hall–Kier alpha value is -3.09. The Morgan fingerprint density at radius 2 is 2.16 bits per heavy atom. The Morgan fingerprint density at radius 1 is 1.32 bits per heavy atom. The third kappa shape index (κ3) is 2.39. The van der Waals surface area contributed by atoms with Gasteiger partial charge in [0.25, 0.3) is 5.91 Å². The van der Waals surface area contributed by atoms with Crippen molar-refractivity contribution >= 4 is 17.7 Å². The maximum Gasteiger partial charge on any atom is 0.325 e. The molecule has 0 saturated carbocycles. The number of nitrogens with zero attached hydrogens (tertiary/aromatic N) is 1. The quantitative estimate of drug-likeness (QED) is 0.678. The minimum absolute atomic E-state index is 0.304. The van der Waals surface area contributed by atoms with Gasteiger partial charge in [-0.2, -0.15) is 0 Å². The van der Waals surface area contributed by atoms with Crippen LogP contribution in [0.1, 0.15) is 28.6 Å². The van der Waals surface area contributed by atoms with Crippen molar-refractivity contribution in [1.82, 2.24) is 10.2 Å². The summed E-state index contributed by atoms with van der Waals surface area (Å²) in [6.07, 6.45) is 2.18. The van der Waals surface area contributed by atoms with Crippen molar-refractivity contribution in [3.8, 4) is 5.75 Å². The van der Waals surface area contributed by atoms with Crippen LogP contribution in [-0.2, 0) is 16.8 Å². The summed E-state index contributed by atoms with van der Waals surface area (Å²) in [5, 5.41) is 2.60. The highest BCUT2D eigenvalue weighted by Gasteiger charge is 2.51. The molecule has 2 aliphatic heterocycles. The highest BCUT2D eigenvalue weighted by atomic mass is 16.5. The standard InChI is InChI=1S/C18H16N2O5/c1-18(15-3-2-7-25-15)16(22)20(17(23)19-18)10-13(21)11-4-5-14-12(9-11)6-8-24-14/h2-5,7,9H,6,8,10H2,1H3,(H,19,23). The van der Waals surface area contributed by atoms with Crippen molar-refractivity contribution in [3.05, 3.63) is 53.5 Å². The van der Waals surface area contributed by atoms with Gasteiger partial charge in [0.15, 0.2) is 11.3 Å². The molecule has 7 heteroatoms. The number of hydrogen-bond donors (Lipinski definition) is 1. The van der Waals surface area contributed by atoms with Gasteiger partial charge in [-0.1, -0.05) is 0 Å². The highest BCUT2D eigenvalue weighted by molar-refractivity contribution is 6.11. The van der Waals surface area contributed by atoms with Crippen LogP contribution in [0, 0.1) is 0 Å². The second-order valence-corrected chi connectivity index (χ2v) is 6.27. The molecule has 1 N–H and O–H groups in total. The Labute approximate surface area is 143 Å². The minimum Gasteiger partial charge on any atom is -0.493 e. The van der Waals surface area contributed by atoms with E-state index in [1.807, 2.05) is 0 Å². The molecule has 3 amide bonds. The maximum absolute atomic E-state index is 12.7. The summed E-state index contributed by atoms with van der Waals surface area (Å²) in [4.78, 5) is 38.4. The largest absolute Gasteiger partial charge is 0.493 e. The van der Waals surface area contributed by atoms with Crippen LogP contribution in [0.5, 0.6) is 5.75 Å². The molecule has 0 aliphatic carbocycles. The molecule has 0 bridgehead atoms. The third-order valence-corrected chi connectivity index (χ3v) is 4.60. The van der Waals surface area contributed by atoms with Gasteiger partial charge in [-0.3, -0.25) is 14.5 Å². The van der Waals surface area contributed by atoms with Gasteiger partial charge in [0, 0.05) is 12.0 Å². The summed E-state index contributed by atoms with van der Waals surface area (Å²) in [6.45, 7) is 1.84. The zero-order valence-electron chi connectivity index (χ0n) is 13.6. The van der Waals surface area contributed by atoms with E-state index >= 15 is 0 Å². The van der Waals surface area contributed by atoms with E-state index in [2.05, 4.69) is 5.32 Å². The number of carbonyl (C=O) groups is 3. The molecular weight excluding hydrogens is 324 g/mol. The average Bonchev–Trinajstić information content (AvgIpc) is 3.31. The van der Waals surface area contributed by atoms with Crippen molar-refractivity contribution in [3.63, 3.8) is 0 Å². The summed E-state index contributed by atoms with van der Waals surface area (Å²) in [5.41, 5.74) is 0.118. The fourth-order valence-electron chi connectivity index (χ4n) is 3.17. The van der Waals surface area contributed by atoms with Gasteiger partial charge in [0.2, 0.25) is 0 Å². The molecule has 3 heterocycles. The predicted octanol–water partition coefficient (Wildman–Crippen LogP) is 1.86. The molecule has 128 valence electrons. The van der Waals surface area contributed by atoms with E-state index in [0.29, 0.717) is 17.9 Å². The SMILES string of the molecule is CC1(c2ccco2)NC(=O)N(CC(=O)c2ccc3c(c2)CCO3)C1=O. The van der Waals surface area contributed by atoms with Gasteiger partial charge in [0.05, 0.1) is 19.4 Å². The van der Waals surface area contributed by atoms with Gasteiger partial charge in [-0.05, 0) is 42.8 Å².